The Balaban J connectivity index is 1.57. The van der Waals surface area contributed by atoms with Crippen molar-refractivity contribution in [2.24, 2.45) is 5.92 Å². The Morgan fingerprint density at radius 1 is 0.979 bits per heavy atom. The van der Waals surface area contributed by atoms with E-state index in [0.717, 1.165) is 24.8 Å². The Labute approximate surface area is 288 Å². The molecule has 13 heteroatoms. The second-order valence-electron chi connectivity index (χ2n) is 12.0. The van der Waals surface area contributed by atoms with Crippen molar-refractivity contribution < 1.29 is 24.0 Å². The van der Waals surface area contributed by atoms with Gasteiger partial charge in [0.2, 0.25) is 23.5 Å². The Hall–Kier alpha value is -4.29. The number of carbonyl (C=O) groups excluding carboxylic acids is 5. The summed E-state index contributed by atoms with van der Waals surface area (Å²) in [5.74, 6) is -1.88. The molecule has 2 heterocycles. The molecular weight excluding hydrogens is 634 g/mol. The van der Waals surface area contributed by atoms with Gasteiger partial charge in [-0.15, -0.1) is 0 Å². The summed E-state index contributed by atoms with van der Waals surface area (Å²) in [6, 6.07) is 11.4. The van der Waals surface area contributed by atoms with Crippen LogP contribution in [0.2, 0.25) is 5.02 Å². The first-order valence-corrected chi connectivity index (χ1v) is 16.9. The lowest BCUT2D eigenvalue weighted by molar-refractivity contribution is -0.141. The molecule has 2 aromatic rings. The van der Waals surface area contributed by atoms with E-state index in [-0.39, 0.29) is 37.4 Å². The molecule has 0 bridgehead atoms. The molecule has 0 saturated carbocycles. The van der Waals surface area contributed by atoms with E-state index in [4.69, 9.17) is 11.6 Å². The molecule has 1 aromatic carbocycles. The highest BCUT2D eigenvalue weighted by molar-refractivity contribution is 6.37. The lowest BCUT2D eigenvalue weighted by atomic mass is 10.0. The number of Topliss-reactive ketones (excluding diaryl/α,β-unsaturated/α-hetero) is 1. The number of anilines is 1. The predicted octanol–water partition coefficient (Wildman–Crippen LogP) is 2.94. The summed E-state index contributed by atoms with van der Waals surface area (Å²) in [4.78, 5) is 72.1. The van der Waals surface area contributed by atoms with Gasteiger partial charge in [0.05, 0.1) is 6.54 Å². The lowest BCUT2D eigenvalue weighted by Gasteiger charge is -2.42. The van der Waals surface area contributed by atoms with Gasteiger partial charge in [0.1, 0.15) is 17.9 Å². The van der Waals surface area contributed by atoms with Crippen LogP contribution in [0, 0.1) is 5.92 Å². The second-order valence-corrected chi connectivity index (χ2v) is 12.5. The summed E-state index contributed by atoms with van der Waals surface area (Å²) in [6.45, 7) is 6.95. The lowest BCUT2D eigenvalue weighted by Crippen LogP contribution is -2.62. The first-order valence-electron chi connectivity index (χ1n) is 16.5. The summed E-state index contributed by atoms with van der Waals surface area (Å²) in [7, 11) is 0. The van der Waals surface area contributed by atoms with Gasteiger partial charge in [0.25, 0.3) is 5.91 Å². The van der Waals surface area contributed by atoms with E-state index >= 15 is 0 Å². The molecule has 0 aliphatic carbocycles. The average Bonchev–Trinajstić information content (AvgIpc) is 3.08. The van der Waals surface area contributed by atoms with Crippen molar-refractivity contribution in [3.05, 3.63) is 71.4 Å². The molecule has 1 saturated heterocycles. The number of amides is 4. The Morgan fingerprint density at radius 3 is 2.42 bits per heavy atom. The molecule has 2 atom stereocenters. The van der Waals surface area contributed by atoms with Crippen molar-refractivity contribution in [3.8, 4) is 0 Å². The monoisotopic (exact) mass is 681 g/mol. The van der Waals surface area contributed by atoms with E-state index in [0.29, 0.717) is 36.9 Å². The van der Waals surface area contributed by atoms with Crippen LogP contribution in [-0.4, -0.2) is 95.5 Å². The van der Waals surface area contributed by atoms with Gasteiger partial charge in [-0.05, 0) is 61.9 Å². The minimum atomic E-state index is -0.852. The number of halogens is 1. The highest BCUT2D eigenvalue weighted by Crippen LogP contribution is 2.20. The van der Waals surface area contributed by atoms with E-state index in [2.05, 4.69) is 32.3 Å². The number of aromatic nitrogens is 1. The van der Waals surface area contributed by atoms with Gasteiger partial charge in [-0.3, -0.25) is 28.9 Å². The third kappa shape index (κ3) is 12.7. The van der Waals surface area contributed by atoms with Crippen LogP contribution in [0.3, 0.4) is 0 Å². The van der Waals surface area contributed by atoms with Crippen molar-refractivity contribution in [2.75, 3.05) is 44.6 Å². The SMILES string of the molecule is C/C=C/CCCCC(=O)NCCNC(=O)C(=O)CNC(=O)[C@H]1CN(C(=O)C(Nc2ccccn2)C(C)C)CCN1Cc1ccc(Cl)cc1. The van der Waals surface area contributed by atoms with Crippen LogP contribution in [0.1, 0.15) is 52.0 Å². The number of allylic oxidation sites excluding steroid dienone is 2. The minimum absolute atomic E-state index is 0.0588. The van der Waals surface area contributed by atoms with Crippen molar-refractivity contribution >= 4 is 46.8 Å². The maximum atomic E-state index is 13.8. The van der Waals surface area contributed by atoms with E-state index in [1.54, 1.807) is 35.4 Å². The fourth-order valence-corrected chi connectivity index (χ4v) is 5.37. The van der Waals surface area contributed by atoms with Gasteiger partial charge in [-0.1, -0.05) is 55.8 Å². The van der Waals surface area contributed by atoms with Crippen molar-refractivity contribution in [3.63, 3.8) is 0 Å². The first-order chi connectivity index (χ1) is 23.1. The highest BCUT2D eigenvalue weighted by Gasteiger charge is 2.37. The number of benzene rings is 1. The van der Waals surface area contributed by atoms with Gasteiger partial charge in [-0.2, -0.15) is 0 Å². The van der Waals surface area contributed by atoms with Crippen molar-refractivity contribution in [2.45, 2.75) is 65.1 Å². The number of piperazine rings is 1. The molecule has 4 amide bonds. The number of hydrogen-bond donors (Lipinski definition) is 4. The summed E-state index contributed by atoms with van der Waals surface area (Å²) in [5, 5.41) is 11.6. The average molecular weight is 682 g/mol. The number of ketones is 1. The van der Waals surface area contributed by atoms with Gasteiger partial charge < -0.3 is 26.2 Å². The molecule has 1 aromatic heterocycles. The first kappa shape index (κ1) is 38.2. The Bertz CT molecular complexity index is 1390. The van der Waals surface area contributed by atoms with Crippen LogP contribution in [0.4, 0.5) is 5.82 Å². The van der Waals surface area contributed by atoms with Crippen LogP contribution >= 0.6 is 11.6 Å². The van der Waals surface area contributed by atoms with E-state index in [9.17, 15) is 24.0 Å². The predicted molar refractivity (Wildman–Crippen MR) is 186 cm³/mol. The Kier molecular flexibility index (Phi) is 16.0. The molecule has 260 valence electrons. The smallest absolute Gasteiger partial charge is 0.289 e. The molecule has 1 unspecified atom stereocenters. The van der Waals surface area contributed by atoms with Gasteiger partial charge >= 0.3 is 0 Å². The largest absolute Gasteiger partial charge is 0.358 e. The van der Waals surface area contributed by atoms with E-state index in [1.807, 2.05) is 49.9 Å². The zero-order valence-electron chi connectivity index (χ0n) is 28.0. The molecular formula is C35H48ClN7O5. The van der Waals surface area contributed by atoms with Gasteiger partial charge in [-0.25, -0.2) is 4.98 Å². The summed E-state index contributed by atoms with van der Waals surface area (Å²) < 4.78 is 0. The molecule has 1 fully saturated rings. The fourth-order valence-electron chi connectivity index (χ4n) is 5.25. The molecule has 3 rings (SSSR count). The second kappa shape index (κ2) is 20.2. The zero-order chi connectivity index (χ0) is 34.9. The number of pyridine rings is 1. The maximum Gasteiger partial charge on any atom is 0.289 e. The van der Waals surface area contributed by atoms with Crippen LogP contribution in [0.5, 0.6) is 0 Å². The van der Waals surface area contributed by atoms with Crippen molar-refractivity contribution in [1.29, 1.82) is 0 Å². The highest BCUT2D eigenvalue weighted by atomic mass is 35.5. The molecule has 4 N–H and O–H groups in total. The van der Waals surface area contributed by atoms with Gasteiger partial charge in [0.15, 0.2) is 0 Å². The van der Waals surface area contributed by atoms with Crippen molar-refractivity contribution in [1.82, 2.24) is 30.7 Å². The molecule has 12 nitrogen and oxygen atoms in total. The number of unbranched alkanes of at least 4 members (excludes halogenated alkanes) is 2. The fraction of sp³-hybridized carbons (Fsp3) is 0.486. The minimum Gasteiger partial charge on any atom is -0.358 e. The van der Waals surface area contributed by atoms with Crippen LogP contribution in [0.15, 0.2) is 60.8 Å². The number of carbonyl (C=O) groups is 5. The standard InChI is InChI=1S/C35H48ClN7O5/c1-4-5-6-7-8-12-31(45)38-18-19-39-34(47)29(44)22-40-33(46)28-24-43(21-20-42(28)23-26-13-15-27(36)16-14-26)35(48)32(25(2)3)41-30-11-9-10-17-37-30/h4-5,9-11,13-17,25,28,32H,6-8,12,18-24H2,1-3H3,(H,37,41)(H,38,45)(H,39,47)(H,40,46)/b5-4+/t28-,32?/m1/s1. The third-order valence-electron chi connectivity index (χ3n) is 7.97. The summed E-state index contributed by atoms with van der Waals surface area (Å²) in [5.41, 5.74) is 0.935. The maximum absolute atomic E-state index is 13.8. The Morgan fingerprint density at radius 2 is 1.73 bits per heavy atom. The topological polar surface area (TPSA) is 153 Å². The molecule has 1 aliphatic rings. The van der Waals surface area contributed by atoms with Crippen LogP contribution in [0.25, 0.3) is 0 Å². The van der Waals surface area contributed by atoms with E-state index < -0.39 is 36.2 Å². The third-order valence-corrected chi connectivity index (χ3v) is 8.23. The number of nitrogens with zero attached hydrogens (tertiary/aromatic N) is 3. The molecule has 1 aliphatic heterocycles. The van der Waals surface area contributed by atoms with Crippen LogP contribution in [-0.2, 0) is 30.5 Å². The van der Waals surface area contributed by atoms with Gasteiger partial charge in [0, 0.05) is 56.9 Å². The summed E-state index contributed by atoms with van der Waals surface area (Å²) >= 11 is 6.07. The molecule has 48 heavy (non-hydrogen) atoms. The normalized spacial score (nSPS) is 15.6. The number of nitrogens with one attached hydrogen (secondary N) is 4. The number of rotatable bonds is 18. The molecule has 0 spiro atoms. The zero-order valence-corrected chi connectivity index (χ0v) is 28.8. The van der Waals surface area contributed by atoms with E-state index in [1.165, 1.54) is 0 Å². The van der Waals surface area contributed by atoms with Crippen LogP contribution < -0.4 is 21.3 Å². The quantitative estimate of drug-likeness (QED) is 0.107. The molecule has 0 radical (unpaired) electrons. The summed E-state index contributed by atoms with van der Waals surface area (Å²) in [6.07, 6.45) is 8.70. The number of hydrogen-bond acceptors (Lipinski definition) is 8.